The van der Waals surface area contributed by atoms with Crippen LogP contribution in [0, 0.1) is 0 Å². The molecule has 22 heavy (non-hydrogen) atoms. The van der Waals surface area contributed by atoms with E-state index >= 15 is 0 Å². The van der Waals surface area contributed by atoms with Crippen molar-refractivity contribution in [3.8, 4) is 0 Å². The number of carbonyl (C=O) groups excluding carboxylic acids is 1. The van der Waals surface area contributed by atoms with Crippen LogP contribution in [-0.4, -0.2) is 24.3 Å². The van der Waals surface area contributed by atoms with Crippen LogP contribution < -0.4 is 10.2 Å². The first-order valence-electron chi connectivity index (χ1n) is 7.27. The highest BCUT2D eigenvalue weighted by Crippen LogP contribution is 2.36. The van der Waals surface area contributed by atoms with E-state index in [0.717, 1.165) is 16.8 Å². The monoisotopic (exact) mass is 289 g/mol. The van der Waals surface area contributed by atoms with Gasteiger partial charge in [-0.3, -0.25) is 9.79 Å². The van der Waals surface area contributed by atoms with Crippen molar-refractivity contribution in [2.24, 2.45) is 4.99 Å². The first kappa shape index (κ1) is 12.8. The van der Waals surface area contributed by atoms with E-state index in [1.165, 1.54) is 6.34 Å². The quantitative estimate of drug-likeness (QED) is 0.923. The molecule has 2 aromatic carbocycles. The van der Waals surface area contributed by atoms with Gasteiger partial charge in [0.05, 0.1) is 6.34 Å². The number of fused-ring (bicyclic) bond motifs is 1. The second-order valence-corrected chi connectivity index (χ2v) is 5.37. The molecule has 0 aromatic heterocycles. The van der Waals surface area contributed by atoms with E-state index in [-0.39, 0.29) is 18.0 Å². The molecule has 0 fully saturated rings. The molecule has 2 aliphatic heterocycles. The maximum absolute atomic E-state index is 12.4. The number of benzene rings is 2. The van der Waals surface area contributed by atoms with E-state index in [2.05, 4.69) is 22.4 Å². The standard InChI is InChI=1S/C18H15N3O/c22-18-17-16(19-12-20-18)15(13-7-3-1-4-8-13)11-21(17)14-9-5-2-6-10-14/h1-12,16-17H,(H,19,20,22). The molecule has 0 radical (unpaired) electrons. The van der Waals surface area contributed by atoms with Gasteiger partial charge in [0.25, 0.3) is 5.91 Å². The van der Waals surface area contributed by atoms with Crippen LogP contribution in [0.2, 0.25) is 0 Å². The second kappa shape index (κ2) is 5.15. The molecule has 4 heteroatoms. The minimum absolute atomic E-state index is 0.0222. The van der Waals surface area contributed by atoms with Crippen LogP contribution in [0.1, 0.15) is 5.56 Å². The van der Waals surface area contributed by atoms with Crippen molar-refractivity contribution >= 4 is 23.5 Å². The maximum atomic E-state index is 12.4. The number of carbonyl (C=O) groups is 1. The lowest BCUT2D eigenvalue weighted by molar-refractivity contribution is -0.121. The third-order valence-electron chi connectivity index (χ3n) is 4.07. The summed E-state index contributed by atoms with van der Waals surface area (Å²) in [4.78, 5) is 18.9. The molecule has 108 valence electrons. The van der Waals surface area contributed by atoms with E-state index in [1.807, 2.05) is 59.6 Å². The predicted octanol–water partition coefficient (Wildman–Crippen LogP) is 2.44. The van der Waals surface area contributed by atoms with Crippen molar-refractivity contribution in [2.75, 3.05) is 4.90 Å². The molecule has 2 aliphatic rings. The molecule has 4 nitrogen and oxygen atoms in total. The Bertz CT molecular complexity index is 752. The molecule has 0 aliphatic carbocycles. The van der Waals surface area contributed by atoms with E-state index in [9.17, 15) is 4.79 Å². The zero-order valence-electron chi connectivity index (χ0n) is 11.9. The van der Waals surface area contributed by atoms with Crippen molar-refractivity contribution in [3.05, 3.63) is 72.4 Å². The number of rotatable bonds is 2. The fraction of sp³-hybridized carbons (Fsp3) is 0.111. The van der Waals surface area contributed by atoms with Crippen LogP contribution in [0.15, 0.2) is 71.9 Å². The van der Waals surface area contributed by atoms with Crippen LogP contribution in [0.3, 0.4) is 0 Å². The third-order valence-corrected chi connectivity index (χ3v) is 4.07. The third kappa shape index (κ3) is 2.00. The van der Waals surface area contributed by atoms with Crippen molar-refractivity contribution in [3.63, 3.8) is 0 Å². The van der Waals surface area contributed by atoms with Gasteiger partial charge in [0, 0.05) is 17.5 Å². The lowest BCUT2D eigenvalue weighted by Gasteiger charge is -2.29. The second-order valence-electron chi connectivity index (χ2n) is 5.37. The number of hydrogen-bond donors (Lipinski definition) is 1. The van der Waals surface area contributed by atoms with Gasteiger partial charge in [-0.05, 0) is 17.7 Å². The number of anilines is 1. The van der Waals surface area contributed by atoms with Gasteiger partial charge >= 0.3 is 0 Å². The summed E-state index contributed by atoms with van der Waals surface area (Å²) < 4.78 is 0. The number of amides is 1. The number of nitrogens with zero attached hydrogens (tertiary/aromatic N) is 2. The van der Waals surface area contributed by atoms with Crippen molar-refractivity contribution in [1.29, 1.82) is 0 Å². The summed E-state index contributed by atoms with van der Waals surface area (Å²) in [6, 6.07) is 19.5. The van der Waals surface area contributed by atoms with Crippen LogP contribution in [0.5, 0.6) is 0 Å². The fourth-order valence-electron chi connectivity index (χ4n) is 3.04. The number of hydrogen-bond acceptors (Lipinski definition) is 3. The van der Waals surface area contributed by atoms with Gasteiger partial charge < -0.3 is 10.2 Å². The summed E-state index contributed by atoms with van der Waals surface area (Å²) in [6.07, 6.45) is 3.55. The van der Waals surface area contributed by atoms with Gasteiger partial charge in [0.2, 0.25) is 0 Å². The van der Waals surface area contributed by atoms with Gasteiger partial charge in [-0.2, -0.15) is 0 Å². The summed E-state index contributed by atoms with van der Waals surface area (Å²) >= 11 is 0. The molecule has 0 bridgehead atoms. The van der Waals surface area contributed by atoms with Crippen molar-refractivity contribution < 1.29 is 4.79 Å². The van der Waals surface area contributed by atoms with Crippen LogP contribution >= 0.6 is 0 Å². The van der Waals surface area contributed by atoms with Crippen molar-refractivity contribution in [1.82, 2.24) is 5.32 Å². The highest BCUT2D eigenvalue weighted by atomic mass is 16.2. The Morgan fingerprint density at radius 3 is 2.36 bits per heavy atom. The molecular formula is C18H15N3O. The van der Waals surface area contributed by atoms with Gasteiger partial charge in [-0.1, -0.05) is 48.5 Å². The number of aliphatic imine (C=N–C) groups is 1. The minimum atomic E-state index is -0.331. The Morgan fingerprint density at radius 1 is 0.955 bits per heavy atom. The average molecular weight is 289 g/mol. The van der Waals surface area contributed by atoms with Gasteiger partial charge in [-0.15, -0.1) is 0 Å². The topological polar surface area (TPSA) is 44.7 Å². The molecular weight excluding hydrogens is 274 g/mol. The Hall–Kier alpha value is -2.88. The normalized spacial score (nSPS) is 23.0. The zero-order chi connectivity index (χ0) is 14.9. The highest BCUT2D eigenvalue weighted by Gasteiger charge is 2.42. The Balaban J connectivity index is 1.82. The summed E-state index contributed by atoms with van der Waals surface area (Å²) in [5.41, 5.74) is 3.17. The van der Waals surface area contributed by atoms with Crippen LogP contribution in [0.25, 0.3) is 5.57 Å². The number of para-hydroxylation sites is 1. The number of nitrogens with one attached hydrogen (secondary N) is 1. The first-order chi connectivity index (χ1) is 10.8. The lowest BCUT2D eigenvalue weighted by Crippen LogP contribution is -2.50. The van der Waals surface area contributed by atoms with Gasteiger partial charge in [0.1, 0.15) is 12.1 Å². The zero-order valence-corrected chi connectivity index (χ0v) is 11.9. The molecule has 4 rings (SSSR count). The minimum Gasteiger partial charge on any atom is -0.333 e. The van der Waals surface area contributed by atoms with Crippen molar-refractivity contribution in [2.45, 2.75) is 12.1 Å². The van der Waals surface area contributed by atoms with Gasteiger partial charge in [0.15, 0.2) is 0 Å². The average Bonchev–Trinajstić information content (AvgIpc) is 2.98. The van der Waals surface area contributed by atoms with E-state index in [0.29, 0.717) is 0 Å². The first-order valence-corrected chi connectivity index (χ1v) is 7.27. The summed E-state index contributed by atoms with van der Waals surface area (Å²) in [6.45, 7) is 0. The maximum Gasteiger partial charge on any atom is 0.250 e. The smallest absolute Gasteiger partial charge is 0.250 e. The molecule has 0 spiro atoms. The molecule has 2 aromatic rings. The van der Waals surface area contributed by atoms with E-state index in [1.54, 1.807) is 0 Å². The molecule has 2 heterocycles. The Kier molecular flexibility index (Phi) is 3.00. The SMILES string of the molecule is O=C1NC=NC2C(c3ccccc3)=CN(c3ccccc3)C12. The summed E-state index contributed by atoms with van der Waals surface area (Å²) in [5.74, 6) is -0.0222. The molecule has 2 atom stereocenters. The molecule has 1 amide bonds. The Morgan fingerprint density at radius 2 is 1.64 bits per heavy atom. The Labute approximate surface area is 128 Å². The van der Waals surface area contributed by atoms with Crippen LogP contribution in [-0.2, 0) is 4.79 Å². The summed E-state index contributed by atoms with van der Waals surface area (Å²) in [5, 5.41) is 2.72. The van der Waals surface area contributed by atoms with E-state index in [4.69, 9.17) is 0 Å². The molecule has 1 N–H and O–H groups in total. The largest absolute Gasteiger partial charge is 0.333 e. The molecule has 2 unspecified atom stereocenters. The highest BCUT2D eigenvalue weighted by molar-refractivity contribution is 6.01. The summed E-state index contributed by atoms with van der Waals surface area (Å²) in [7, 11) is 0. The molecule has 0 saturated carbocycles. The lowest BCUT2D eigenvalue weighted by atomic mass is 9.96. The van der Waals surface area contributed by atoms with Crippen LogP contribution in [0.4, 0.5) is 5.69 Å². The van der Waals surface area contributed by atoms with E-state index < -0.39 is 0 Å². The molecule has 0 saturated heterocycles. The van der Waals surface area contributed by atoms with Gasteiger partial charge in [-0.25, -0.2) is 0 Å². The predicted molar refractivity (Wildman–Crippen MR) is 87.6 cm³/mol. The fourth-order valence-corrected chi connectivity index (χ4v) is 3.04.